The van der Waals surface area contributed by atoms with Gasteiger partial charge in [0.1, 0.15) is 0 Å². The van der Waals surface area contributed by atoms with Gasteiger partial charge in [0.15, 0.2) is 0 Å². The van der Waals surface area contributed by atoms with Gasteiger partial charge in [-0.25, -0.2) is 9.97 Å². The van der Waals surface area contributed by atoms with E-state index in [9.17, 15) is 0 Å². The third-order valence-corrected chi connectivity index (χ3v) is 3.98. The predicted octanol–water partition coefficient (Wildman–Crippen LogP) is 2.25. The fourth-order valence-electron chi connectivity index (χ4n) is 1.38. The largest absolute Gasteiger partial charge is 0.354 e. The standard InChI is InChI=1S/C9H12IN3S/c10-8-4-12-9(13-5-8)11-3-7-1-2-14-6-7/h4-5,7H,1-3,6H2,(H,11,12,13). The molecule has 1 saturated heterocycles. The maximum atomic E-state index is 4.20. The van der Waals surface area contributed by atoms with Crippen LogP contribution in [0.3, 0.4) is 0 Å². The molecule has 0 aromatic carbocycles. The highest BCUT2D eigenvalue weighted by Crippen LogP contribution is 2.23. The van der Waals surface area contributed by atoms with Crippen molar-refractivity contribution in [1.29, 1.82) is 0 Å². The van der Waals surface area contributed by atoms with Gasteiger partial charge in [-0.15, -0.1) is 0 Å². The molecule has 1 unspecified atom stereocenters. The van der Waals surface area contributed by atoms with E-state index < -0.39 is 0 Å². The third-order valence-electron chi connectivity index (χ3n) is 2.19. The number of halogens is 1. The van der Waals surface area contributed by atoms with Crippen LogP contribution in [0.2, 0.25) is 0 Å². The molecule has 0 saturated carbocycles. The zero-order valence-corrected chi connectivity index (χ0v) is 10.7. The highest BCUT2D eigenvalue weighted by Gasteiger charge is 2.14. The Balaban J connectivity index is 1.82. The summed E-state index contributed by atoms with van der Waals surface area (Å²) in [6.07, 6.45) is 4.99. The van der Waals surface area contributed by atoms with Gasteiger partial charge >= 0.3 is 0 Å². The Morgan fingerprint density at radius 1 is 1.50 bits per heavy atom. The fraction of sp³-hybridized carbons (Fsp3) is 0.556. The first-order valence-corrected chi connectivity index (χ1v) is 6.87. The number of anilines is 1. The zero-order valence-electron chi connectivity index (χ0n) is 7.74. The van der Waals surface area contributed by atoms with Gasteiger partial charge in [-0.3, -0.25) is 0 Å². The summed E-state index contributed by atoms with van der Waals surface area (Å²) >= 11 is 4.24. The van der Waals surface area contributed by atoms with Crippen LogP contribution in [0.5, 0.6) is 0 Å². The van der Waals surface area contributed by atoms with Crippen LogP contribution < -0.4 is 5.32 Å². The van der Waals surface area contributed by atoms with Crippen molar-refractivity contribution >= 4 is 40.3 Å². The van der Waals surface area contributed by atoms with Gasteiger partial charge in [0, 0.05) is 22.5 Å². The number of nitrogens with zero attached hydrogens (tertiary/aromatic N) is 2. The molecule has 1 atom stereocenters. The maximum absolute atomic E-state index is 4.20. The summed E-state index contributed by atoms with van der Waals surface area (Å²) in [7, 11) is 0. The van der Waals surface area contributed by atoms with E-state index in [0.29, 0.717) is 0 Å². The lowest BCUT2D eigenvalue weighted by atomic mass is 10.1. The Hall–Kier alpha value is -0.0400. The molecule has 1 aromatic heterocycles. The molecule has 2 rings (SSSR count). The van der Waals surface area contributed by atoms with E-state index in [4.69, 9.17) is 0 Å². The van der Waals surface area contributed by atoms with Crippen LogP contribution >= 0.6 is 34.4 Å². The molecule has 1 aromatic rings. The molecular weight excluding hydrogens is 309 g/mol. The van der Waals surface area contributed by atoms with Crippen LogP contribution in [0.25, 0.3) is 0 Å². The predicted molar refractivity (Wildman–Crippen MR) is 68.7 cm³/mol. The van der Waals surface area contributed by atoms with E-state index in [-0.39, 0.29) is 0 Å². The van der Waals surface area contributed by atoms with Gasteiger partial charge in [0.25, 0.3) is 0 Å². The van der Waals surface area contributed by atoms with Crippen molar-refractivity contribution in [3.63, 3.8) is 0 Å². The number of nitrogens with one attached hydrogen (secondary N) is 1. The molecule has 0 spiro atoms. The average molecular weight is 321 g/mol. The summed E-state index contributed by atoms with van der Waals surface area (Å²) in [5, 5.41) is 3.27. The minimum absolute atomic E-state index is 0.752. The smallest absolute Gasteiger partial charge is 0.222 e. The summed E-state index contributed by atoms with van der Waals surface area (Å²) in [5.74, 6) is 4.13. The van der Waals surface area contributed by atoms with Gasteiger partial charge in [-0.1, -0.05) is 0 Å². The molecule has 0 radical (unpaired) electrons. The normalized spacial score (nSPS) is 21.1. The third kappa shape index (κ3) is 2.98. The van der Waals surface area contributed by atoms with Crippen molar-refractivity contribution in [1.82, 2.24) is 9.97 Å². The Morgan fingerprint density at radius 2 is 2.29 bits per heavy atom. The molecule has 5 heteroatoms. The SMILES string of the molecule is Ic1cnc(NCC2CCSC2)nc1. The minimum atomic E-state index is 0.752. The van der Waals surface area contributed by atoms with Crippen molar-refractivity contribution in [2.45, 2.75) is 6.42 Å². The first-order chi connectivity index (χ1) is 6.84. The molecule has 1 aliphatic rings. The lowest BCUT2D eigenvalue weighted by molar-refractivity contribution is 0.629. The quantitative estimate of drug-likeness (QED) is 0.867. The number of rotatable bonds is 3. The van der Waals surface area contributed by atoms with E-state index in [1.54, 1.807) is 0 Å². The molecule has 1 fully saturated rings. The second kappa shape index (κ2) is 5.16. The van der Waals surface area contributed by atoms with Crippen LogP contribution in [0.15, 0.2) is 12.4 Å². The molecule has 0 amide bonds. The van der Waals surface area contributed by atoms with Crippen LogP contribution in [0.4, 0.5) is 5.95 Å². The molecule has 76 valence electrons. The van der Waals surface area contributed by atoms with Crippen molar-refractivity contribution in [3.05, 3.63) is 16.0 Å². The molecule has 3 nitrogen and oxygen atoms in total. The molecule has 14 heavy (non-hydrogen) atoms. The van der Waals surface area contributed by atoms with Gasteiger partial charge in [0.2, 0.25) is 5.95 Å². The second-order valence-corrected chi connectivity index (χ2v) is 5.73. The summed E-state index contributed by atoms with van der Waals surface area (Å²) < 4.78 is 1.07. The summed E-state index contributed by atoms with van der Waals surface area (Å²) in [6.45, 7) is 1.01. The van der Waals surface area contributed by atoms with Crippen LogP contribution in [0, 0.1) is 9.49 Å². The van der Waals surface area contributed by atoms with Crippen molar-refractivity contribution in [2.24, 2.45) is 5.92 Å². The molecule has 1 aliphatic heterocycles. The molecular formula is C9H12IN3S. The van der Waals surface area contributed by atoms with Crippen molar-refractivity contribution in [3.8, 4) is 0 Å². The molecule has 1 N–H and O–H groups in total. The highest BCUT2D eigenvalue weighted by atomic mass is 127. The number of hydrogen-bond acceptors (Lipinski definition) is 4. The second-order valence-electron chi connectivity index (χ2n) is 3.34. The Morgan fingerprint density at radius 3 is 2.93 bits per heavy atom. The van der Waals surface area contributed by atoms with Crippen LogP contribution in [0.1, 0.15) is 6.42 Å². The minimum Gasteiger partial charge on any atom is -0.354 e. The van der Waals surface area contributed by atoms with Gasteiger partial charge in [-0.2, -0.15) is 11.8 Å². The Labute approximate surface area is 102 Å². The number of aromatic nitrogens is 2. The average Bonchev–Trinajstić information content (AvgIpc) is 2.70. The van der Waals surface area contributed by atoms with Gasteiger partial charge < -0.3 is 5.32 Å². The number of hydrogen-bond donors (Lipinski definition) is 1. The molecule has 0 aliphatic carbocycles. The summed E-state index contributed by atoms with van der Waals surface area (Å²) in [5.41, 5.74) is 0. The van der Waals surface area contributed by atoms with Gasteiger partial charge in [-0.05, 0) is 46.4 Å². The number of thioether (sulfide) groups is 1. The summed E-state index contributed by atoms with van der Waals surface area (Å²) in [6, 6.07) is 0. The first-order valence-electron chi connectivity index (χ1n) is 4.64. The lowest BCUT2D eigenvalue weighted by Crippen LogP contribution is -2.14. The monoisotopic (exact) mass is 321 g/mol. The van der Waals surface area contributed by atoms with E-state index in [1.807, 2.05) is 24.2 Å². The van der Waals surface area contributed by atoms with Gasteiger partial charge in [0.05, 0.1) is 0 Å². The van der Waals surface area contributed by atoms with Crippen molar-refractivity contribution < 1.29 is 0 Å². The van der Waals surface area contributed by atoms with E-state index in [2.05, 4.69) is 37.9 Å². The van der Waals surface area contributed by atoms with Crippen LogP contribution in [-0.2, 0) is 0 Å². The summed E-state index contributed by atoms with van der Waals surface area (Å²) in [4.78, 5) is 8.41. The maximum Gasteiger partial charge on any atom is 0.222 e. The first kappa shape index (κ1) is 10.5. The lowest BCUT2D eigenvalue weighted by Gasteiger charge is -2.09. The van der Waals surface area contributed by atoms with E-state index in [1.165, 1.54) is 17.9 Å². The fourth-order valence-corrected chi connectivity index (χ4v) is 2.95. The van der Waals surface area contributed by atoms with Crippen molar-refractivity contribution in [2.75, 3.05) is 23.4 Å². The Bertz CT molecular complexity index is 285. The molecule has 0 bridgehead atoms. The van der Waals surface area contributed by atoms with Crippen LogP contribution in [-0.4, -0.2) is 28.0 Å². The highest BCUT2D eigenvalue weighted by molar-refractivity contribution is 14.1. The van der Waals surface area contributed by atoms with E-state index >= 15 is 0 Å². The van der Waals surface area contributed by atoms with E-state index in [0.717, 1.165) is 22.0 Å². The zero-order chi connectivity index (χ0) is 9.80. The molecule has 2 heterocycles. The topological polar surface area (TPSA) is 37.8 Å². The Kier molecular flexibility index (Phi) is 3.86.